The summed E-state index contributed by atoms with van der Waals surface area (Å²) in [6, 6.07) is 16.8. The lowest BCUT2D eigenvalue weighted by atomic mass is 9.91. The van der Waals surface area contributed by atoms with Gasteiger partial charge in [-0.1, -0.05) is 49.4 Å². The second-order valence-electron chi connectivity index (χ2n) is 9.87. The third-order valence-corrected chi connectivity index (χ3v) is 6.96. The van der Waals surface area contributed by atoms with Crippen LogP contribution in [0.15, 0.2) is 59.0 Å². The normalized spacial score (nSPS) is 15.7. The molecule has 0 saturated carbocycles. The van der Waals surface area contributed by atoms with E-state index in [4.69, 9.17) is 4.42 Å². The molecule has 37 heavy (non-hydrogen) atoms. The monoisotopic (exact) mass is 504 g/mol. The molecular weight excluding hydrogens is 468 g/mol. The summed E-state index contributed by atoms with van der Waals surface area (Å²) < 4.78 is 5.72. The highest BCUT2D eigenvalue weighted by atomic mass is 16.4. The van der Waals surface area contributed by atoms with E-state index in [1.165, 1.54) is 0 Å². The number of nitrogens with one attached hydrogen (secondary N) is 3. The Morgan fingerprint density at radius 2 is 1.68 bits per heavy atom. The van der Waals surface area contributed by atoms with Gasteiger partial charge in [-0.2, -0.15) is 0 Å². The lowest BCUT2D eigenvalue weighted by Gasteiger charge is -2.22. The highest BCUT2D eigenvalue weighted by Gasteiger charge is 2.26. The number of benzene rings is 2. The molecule has 2 atom stereocenters. The molecule has 0 radical (unpaired) electrons. The van der Waals surface area contributed by atoms with Gasteiger partial charge in [0.1, 0.15) is 5.52 Å². The highest BCUT2D eigenvalue weighted by Crippen LogP contribution is 2.26. The van der Waals surface area contributed by atoms with Crippen molar-refractivity contribution >= 4 is 28.7 Å². The minimum Gasteiger partial charge on any atom is -0.434 e. The van der Waals surface area contributed by atoms with Crippen molar-refractivity contribution in [3.63, 3.8) is 0 Å². The van der Waals surface area contributed by atoms with E-state index in [1.54, 1.807) is 6.07 Å². The van der Waals surface area contributed by atoms with Crippen molar-refractivity contribution in [3.8, 4) is 0 Å². The molecular formula is C29H36N4O4. The highest BCUT2D eigenvalue weighted by molar-refractivity contribution is 5.99. The van der Waals surface area contributed by atoms with Gasteiger partial charge in [0.25, 0.3) is 5.89 Å². The van der Waals surface area contributed by atoms with Crippen LogP contribution in [0.4, 0.5) is 0 Å². The third kappa shape index (κ3) is 7.49. The quantitative estimate of drug-likeness (QED) is 0.323. The standard InChI is InChI=1S/C29H36N4O4/c1-20(11-17-32-28(36)22-12-15-30-16-13-22)19-26(34)31-18-14-23(21-7-3-2-4-8-21)27(35)29-33-24-9-5-6-10-25(24)37-29/h2-10,20,22-23,30H,11-19H2,1H3,(H,31,34)(H,32,36). The zero-order valence-corrected chi connectivity index (χ0v) is 21.4. The van der Waals surface area contributed by atoms with Crippen LogP contribution in [-0.2, 0) is 9.59 Å². The molecule has 196 valence electrons. The van der Waals surface area contributed by atoms with Crippen molar-refractivity contribution in [2.75, 3.05) is 26.2 Å². The molecule has 3 aromatic rings. The first kappa shape index (κ1) is 26.5. The van der Waals surface area contributed by atoms with Crippen LogP contribution in [0.2, 0.25) is 0 Å². The van der Waals surface area contributed by atoms with Gasteiger partial charge in [0.2, 0.25) is 17.6 Å². The van der Waals surface area contributed by atoms with E-state index in [0.29, 0.717) is 37.0 Å². The summed E-state index contributed by atoms with van der Waals surface area (Å²) in [5.41, 5.74) is 2.08. The Morgan fingerprint density at radius 1 is 0.973 bits per heavy atom. The molecule has 8 heteroatoms. The maximum Gasteiger partial charge on any atom is 0.264 e. The van der Waals surface area contributed by atoms with Crippen molar-refractivity contribution in [2.45, 2.75) is 44.9 Å². The van der Waals surface area contributed by atoms with Gasteiger partial charge in [-0.05, 0) is 62.4 Å². The van der Waals surface area contributed by atoms with E-state index in [0.717, 1.165) is 37.9 Å². The molecule has 3 N–H and O–H groups in total. The first-order valence-corrected chi connectivity index (χ1v) is 13.2. The number of carbonyl (C=O) groups excluding carboxylic acids is 3. The summed E-state index contributed by atoms with van der Waals surface area (Å²) in [7, 11) is 0. The average molecular weight is 505 g/mol. The van der Waals surface area contributed by atoms with E-state index in [9.17, 15) is 14.4 Å². The largest absolute Gasteiger partial charge is 0.434 e. The number of ketones is 1. The van der Waals surface area contributed by atoms with Crippen LogP contribution in [0.3, 0.4) is 0 Å². The molecule has 1 aliphatic rings. The number of fused-ring (bicyclic) bond motifs is 1. The third-order valence-electron chi connectivity index (χ3n) is 6.96. The number of hydrogen-bond donors (Lipinski definition) is 3. The molecule has 2 heterocycles. The Balaban J connectivity index is 1.25. The molecule has 2 amide bonds. The van der Waals surface area contributed by atoms with Crippen LogP contribution < -0.4 is 16.0 Å². The van der Waals surface area contributed by atoms with Crippen molar-refractivity contribution in [3.05, 3.63) is 66.1 Å². The molecule has 1 aliphatic heterocycles. The number of rotatable bonds is 12. The average Bonchev–Trinajstić information content (AvgIpc) is 3.36. The summed E-state index contributed by atoms with van der Waals surface area (Å²) >= 11 is 0. The number of aromatic nitrogens is 1. The van der Waals surface area contributed by atoms with E-state index in [-0.39, 0.29) is 35.3 Å². The van der Waals surface area contributed by atoms with Crippen LogP contribution in [-0.4, -0.2) is 48.8 Å². The van der Waals surface area contributed by atoms with Gasteiger partial charge >= 0.3 is 0 Å². The second kappa shape index (κ2) is 13.1. The van der Waals surface area contributed by atoms with Crippen LogP contribution in [0.5, 0.6) is 0 Å². The van der Waals surface area contributed by atoms with Gasteiger partial charge in [-0.25, -0.2) is 4.98 Å². The van der Waals surface area contributed by atoms with E-state index < -0.39 is 5.92 Å². The van der Waals surface area contributed by atoms with Crippen LogP contribution in [0, 0.1) is 11.8 Å². The van der Waals surface area contributed by atoms with Gasteiger partial charge in [-0.15, -0.1) is 0 Å². The maximum absolute atomic E-state index is 13.3. The summed E-state index contributed by atoms with van der Waals surface area (Å²) in [4.78, 5) is 42.6. The minimum atomic E-state index is -0.475. The Labute approximate surface area is 217 Å². The number of piperidine rings is 1. The van der Waals surface area contributed by atoms with Gasteiger partial charge in [0.15, 0.2) is 5.58 Å². The molecule has 1 fully saturated rings. The number of hydrogen-bond acceptors (Lipinski definition) is 6. The predicted octanol–water partition coefficient (Wildman–Crippen LogP) is 3.83. The van der Waals surface area contributed by atoms with Crippen molar-refractivity contribution in [1.29, 1.82) is 0 Å². The van der Waals surface area contributed by atoms with E-state index >= 15 is 0 Å². The van der Waals surface area contributed by atoms with Gasteiger partial charge in [0.05, 0.1) is 5.92 Å². The topological polar surface area (TPSA) is 113 Å². The molecule has 0 bridgehead atoms. The first-order chi connectivity index (χ1) is 18.0. The Hall–Kier alpha value is -3.52. The second-order valence-corrected chi connectivity index (χ2v) is 9.87. The summed E-state index contributed by atoms with van der Waals surface area (Å²) in [5, 5.41) is 9.25. The molecule has 1 saturated heterocycles. The summed E-state index contributed by atoms with van der Waals surface area (Å²) in [6.45, 7) is 4.73. The van der Waals surface area contributed by atoms with E-state index in [2.05, 4.69) is 20.9 Å². The lowest BCUT2D eigenvalue weighted by molar-refractivity contribution is -0.125. The lowest BCUT2D eigenvalue weighted by Crippen LogP contribution is -2.38. The summed E-state index contributed by atoms with van der Waals surface area (Å²) in [5.74, 6) is -0.297. The number of amides is 2. The van der Waals surface area contributed by atoms with E-state index in [1.807, 2.05) is 55.5 Å². The fourth-order valence-corrected chi connectivity index (χ4v) is 4.78. The van der Waals surface area contributed by atoms with Gasteiger partial charge in [0, 0.05) is 25.4 Å². The summed E-state index contributed by atoms with van der Waals surface area (Å²) in [6.07, 6.45) is 3.31. The Morgan fingerprint density at radius 3 is 2.43 bits per heavy atom. The SMILES string of the molecule is CC(CCNC(=O)C1CCNCC1)CC(=O)NCCC(C(=O)c1nc2ccccc2o1)c1ccccc1. The molecule has 2 unspecified atom stereocenters. The van der Waals surface area contributed by atoms with Crippen molar-refractivity contribution in [1.82, 2.24) is 20.9 Å². The molecule has 2 aromatic carbocycles. The van der Waals surface area contributed by atoms with Gasteiger partial charge < -0.3 is 20.4 Å². The zero-order valence-electron chi connectivity index (χ0n) is 21.4. The predicted molar refractivity (Wildman–Crippen MR) is 142 cm³/mol. The molecule has 8 nitrogen and oxygen atoms in total. The molecule has 0 aliphatic carbocycles. The smallest absolute Gasteiger partial charge is 0.264 e. The van der Waals surface area contributed by atoms with Crippen LogP contribution in [0.25, 0.3) is 11.1 Å². The van der Waals surface area contributed by atoms with Crippen LogP contribution in [0.1, 0.15) is 61.2 Å². The molecule has 1 aromatic heterocycles. The zero-order chi connectivity index (χ0) is 26.0. The first-order valence-electron chi connectivity index (χ1n) is 13.2. The number of para-hydroxylation sites is 2. The van der Waals surface area contributed by atoms with Gasteiger partial charge in [-0.3, -0.25) is 14.4 Å². The molecule has 0 spiro atoms. The maximum atomic E-state index is 13.3. The number of Topliss-reactive ketones (excluding diaryl/α,β-unsaturated/α-hetero) is 1. The molecule has 4 rings (SSSR count). The number of carbonyl (C=O) groups is 3. The Kier molecular flexibility index (Phi) is 9.43. The van der Waals surface area contributed by atoms with Crippen LogP contribution >= 0.6 is 0 Å². The number of oxazole rings is 1. The van der Waals surface area contributed by atoms with Crippen molar-refractivity contribution < 1.29 is 18.8 Å². The minimum absolute atomic E-state index is 0.0571. The fourth-order valence-electron chi connectivity index (χ4n) is 4.78. The van der Waals surface area contributed by atoms with Crippen molar-refractivity contribution in [2.24, 2.45) is 11.8 Å². The number of nitrogens with zero attached hydrogens (tertiary/aromatic N) is 1. The fraction of sp³-hybridized carbons (Fsp3) is 0.448. The Bertz CT molecular complexity index is 1150.